The summed E-state index contributed by atoms with van der Waals surface area (Å²) in [4.78, 5) is 3.90. The van der Waals surface area contributed by atoms with Crippen molar-refractivity contribution in [3.8, 4) is 0 Å². The van der Waals surface area contributed by atoms with Gasteiger partial charge in [-0.25, -0.2) is 13.4 Å². The predicted octanol–water partition coefficient (Wildman–Crippen LogP) is 0.183. The molecule has 0 unspecified atom stereocenters. The molecular weight excluding hydrogens is 246 g/mol. The third-order valence-electron chi connectivity index (χ3n) is 2.62. The van der Waals surface area contributed by atoms with Gasteiger partial charge >= 0.3 is 0 Å². The molecule has 0 aromatic carbocycles. The SMILES string of the molecule is O=S1(=O)CCC(NC(=S)n2ccnc2)CC1. The summed E-state index contributed by atoms with van der Waals surface area (Å²) in [5.74, 6) is 0.494. The van der Waals surface area contributed by atoms with Crippen LogP contribution in [0.1, 0.15) is 12.8 Å². The number of hydrogen-bond acceptors (Lipinski definition) is 4. The van der Waals surface area contributed by atoms with E-state index in [9.17, 15) is 8.42 Å². The molecule has 1 aliphatic rings. The average Bonchev–Trinajstić information content (AvgIpc) is 2.74. The molecule has 0 radical (unpaired) electrons. The summed E-state index contributed by atoms with van der Waals surface area (Å²) in [5, 5.41) is 3.72. The zero-order valence-electron chi connectivity index (χ0n) is 8.67. The van der Waals surface area contributed by atoms with Crippen LogP contribution in [-0.2, 0) is 9.84 Å². The highest BCUT2D eigenvalue weighted by molar-refractivity contribution is 7.91. The third-order valence-corrected chi connectivity index (χ3v) is 4.67. The number of nitrogens with zero attached hydrogens (tertiary/aromatic N) is 2. The van der Waals surface area contributed by atoms with E-state index in [4.69, 9.17) is 12.2 Å². The summed E-state index contributed by atoms with van der Waals surface area (Å²) in [6, 6.07) is 0.151. The first kappa shape index (κ1) is 11.5. The van der Waals surface area contributed by atoms with Gasteiger partial charge in [-0.15, -0.1) is 0 Å². The molecule has 1 saturated heterocycles. The van der Waals surface area contributed by atoms with Crippen molar-refractivity contribution in [3.63, 3.8) is 0 Å². The van der Waals surface area contributed by atoms with Crippen molar-refractivity contribution < 1.29 is 8.42 Å². The largest absolute Gasteiger partial charge is 0.359 e. The van der Waals surface area contributed by atoms with Gasteiger partial charge in [0.15, 0.2) is 5.11 Å². The minimum absolute atomic E-state index is 0.151. The molecule has 7 heteroatoms. The molecule has 1 aliphatic heterocycles. The standard InChI is InChI=1S/C9H13N3O2S2/c13-16(14)5-1-8(2-6-16)11-9(15)12-4-3-10-7-12/h3-4,7-8H,1-2,5-6H2,(H,11,15). The average molecular weight is 259 g/mol. The van der Waals surface area contributed by atoms with Crippen molar-refractivity contribution in [3.05, 3.63) is 18.7 Å². The Morgan fingerprint density at radius 3 is 2.69 bits per heavy atom. The van der Waals surface area contributed by atoms with Crippen LogP contribution < -0.4 is 5.32 Å². The Bertz CT molecular complexity index is 453. The van der Waals surface area contributed by atoms with E-state index in [0.29, 0.717) is 18.0 Å². The Hall–Kier alpha value is -0.950. The van der Waals surface area contributed by atoms with E-state index in [-0.39, 0.29) is 17.5 Å². The first-order chi connectivity index (χ1) is 7.57. The van der Waals surface area contributed by atoms with E-state index < -0.39 is 9.84 Å². The van der Waals surface area contributed by atoms with Gasteiger partial charge in [0.2, 0.25) is 0 Å². The molecule has 1 aromatic rings. The van der Waals surface area contributed by atoms with Crippen molar-refractivity contribution in [2.75, 3.05) is 11.5 Å². The molecule has 0 bridgehead atoms. The van der Waals surface area contributed by atoms with Gasteiger partial charge in [0.1, 0.15) is 16.2 Å². The minimum Gasteiger partial charge on any atom is -0.359 e. The number of aromatic nitrogens is 2. The summed E-state index contributed by atoms with van der Waals surface area (Å²) in [6.45, 7) is 0. The van der Waals surface area contributed by atoms with Gasteiger partial charge in [-0.3, -0.25) is 4.57 Å². The van der Waals surface area contributed by atoms with Crippen molar-refractivity contribution in [1.29, 1.82) is 0 Å². The Labute approximate surface area is 99.8 Å². The van der Waals surface area contributed by atoms with E-state index in [1.807, 2.05) is 0 Å². The molecular formula is C9H13N3O2S2. The highest BCUT2D eigenvalue weighted by atomic mass is 32.2. The lowest BCUT2D eigenvalue weighted by Crippen LogP contribution is -2.42. The van der Waals surface area contributed by atoms with Crippen LogP contribution in [0, 0.1) is 0 Å². The van der Waals surface area contributed by atoms with Crippen LogP contribution in [0.5, 0.6) is 0 Å². The number of hydrogen-bond donors (Lipinski definition) is 1. The van der Waals surface area contributed by atoms with E-state index in [1.165, 1.54) is 0 Å². The van der Waals surface area contributed by atoms with Crippen LogP contribution >= 0.6 is 12.2 Å². The predicted molar refractivity (Wildman–Crippen MR) is 65.0 cm³/mol. The van der Waals surface area contributed by atoms with Crippen molar-refractivity contribution >= 4 is 27.2 Å². The molecule has 0 saturated carbocycles. The third kappa shape index (κ3) is 2.79. The van der Waals surface area contributed by atoms with Gasteiger partial charge in [-0.2, -0.15) is 0 Å². The summed E-state index contributed by atoms with van der Waals surface area (Å²) in [6.07, 6.45) is 6.28. The molecule has 0 aliphatic carbocycles. The summed E-state index contributed by atoms with van der Waals surface area (Å²) >= 11 is 5.17. The van der Waals surface area contributed by atoms with Gasteiger partial charge < -0.3 is 5.32 Å². The van der Waals surface area contributed by atoms with Crippen LogP contribution in [0.3, 0.4) is 0 Å². The van der Waals surface area contributed by atoms with Gasteiger partial charge in [-0.05, 0) is 25.1 Å². The normalized spacial score (nSPS) is 20.5. The van der Waals surface area contributed by atoms with Crippen molar-refractivity contribution in [1.82, 2.24) is 14.9 Å². The molecule has 88 valence electrons. The summed E-state index contributed by atoms with van der Waals surface area (Å²) in [5.41, 5.74) is 0. The Balaban J connectivity index is 1.90. The van der Waals surface area contributed by atoms with Gasteiger partial charge in [-0.1, -0.05) is 0 Å². The van der Waals surface area contributed by atoms with Crippen molar-refractivity contribution in [2.24, 2.45) is 0 Å². The molecule has 5 nitrogen and oxygen atoms in total. The number of imidazole rings is 1. The van der Waals surface area contributed by atoms with Crippen LogP contribution in [0.2, 0.25) is 0 Å². The highest BCUT2D eigenvalue weighted by Crippen LogP contribution is 2.12. The number of thiocarbonyl (C=S) groups is 1. The van der Waals surface area contributed by atoms with E-state index in [1.54, 1.807) is 23.3 Å². The molecule has 1 N–H and O–H groups in total. The van der Waals surface area contributed by atoms with Crippen LogP contribution in [0.15, 0.2) is 18.7 Å². The zero-order valence-corrected chi connectivity index (χ0v) is 10.3. The Morgan fingerprint density at radius 2 is 2.12 bits per heavy atom. The first-order valence-corrected chi connectivity index (χ1v) is 7.29. The topological polar surface area (TPSA) is 64.0 Å². The second-order valence-electron chi connectivity index (χ2n) is 3.85. The first-order valence-electron chi connectivity index (χ1n) is 5.06. The minimum atomic E-state index is -2.81. The zero-order chi connectivity index (χ0) is 11.6. The summed E-state index contributed by atoms with van der Waals surface area (Å²) < 4.78 is 24.2. The highest BCUT2D eigenvalue weighted by Gasteiger charge is 2.23. The maximum absolute atomic E-state index is 11.2. The lowest BCUT2D eigenvalue weighted by molar-refractivity contribution is 0.519. The molecule has 2 heterocycles. The lowest BCUT2D eigenvalue weighted by atomic mass is 10.2. The molecule has 1 aromatic heterocycles. The molecule has 0 atom stereocenters. The fraction of sp³-hybridized carbons (Fsp3) is 0.556. The fourth-order valence-corrected chi connectivity index (χ4v) is 3.43. The Morgan fingerprint density at radius 1 is 1.44 bits per heavy atom. The number of nitrogens with one attached hydrogen (secondary N) is 1. The fourth-order valence-electron chi connectivity index (χ4n) is 1.66. The van der Waals surface area contributed by atoms with E-state index >= 15 is 0 Å². The molecule has 2 rings (SSSR count). The van der Waals surface area contributed by atoms with Crippen LogP contribution in [-0.4, -0.2) is 40.6 Å². The Kier molecular flexibility index (Phi) is 3.25. The summed E-state index contributed by atoms with van der Waals surface area (Å²) in [7, 11) is -2.81. The van der Waals surface area contributed by atoms with Gasteiger partial charge in [0, 0.05) is 18.4 Å². The maximum Gasteiger partial charge on any atom is 0.178 e. The van der Waals surface area contributed by atoms with E-state index in [2.05, 4.69) is 10.3 Å². The smallest absolute Gasteiger partial charge is 0.178 e. The van der Waals surface area contributed by atoms with Crippen LogP contribution in [0.4, 0.5) is 0 Å². The quantitative estimate of drug-likeness (QED) is 0.729. The molecule has 1 fully saturated rings. The maximum atomic E-state index is 11.2. The number of rotatable bonds is 1. The van der Waals surface area contributed by atoms with Crippen LogP contribution in [0.25, 0.3) is 0 Å². The lowest BCUT2D eigenvalue weighted by Gasteiger charge is -2.24. The second kappa shape index (κ2) is 4.50. The second-order valence-corrected chi connectivity index (χ2v) is 6.54. The monoisotopic (exact) mass is 259 g/mol. The van der Waals surface area contributed by atoms with Gasteiger partial charge in [0.05, 0.1) is 11.5 Å². The van der Waals surface area contributed by atoms with E-state index in [0.717, 1.165) is 0 Å². The number of sulfone groups is 1. The molecule has 16 heavy (non-hydrogen) atoms. The van der Waals surface area contributed by atoms with Crippen molar-refractivity contribution in [2.45, 2.75) is 18.9 Å². The molecule has 0 amide bonds. The van der Waals surface area contributed by atoms with Gasteiger partial charge in [0.25, 0.3) is 0 Å². The molecule has 0 spiro atoms.